The van der Waals surface area contributed by atoms with Crippen LogP contribution in [0.1, 0.15) is 38.6 Å². The van der Waals surface area contributed by atoms with Crippen LogP contribution in [-0.4, -0.2) is 11.6 Å². The molecule has 2 heteroatoms. The number of rotatable bonds is 5. The first-order valence-electron chi connectivity index (χ1n) is 9.88. The van der Waals surface area contributed by atoms with Gasteiger partial charge in [0.15, 0.2) is 11.6 Å². The fourth-order valence-electron chi connectivity index (χ4n) is 4.39. The fourth-order valence-corrected chi connectivity index (χ4v) is 4.39. The first kappa shape index (κ1) is 17.6. The summed E-state index contributed by atoms with van der Waals surface area (Å²) in [5.41, 5.74) is 1.22. The molecule has 1 aliphatic carbocycles. The molecule has 0 radical (unpaired) electrons. The van der Waals surface area contributed by atoms with Crippen molar-refractivity contribution in [2.75, 3.05) is 0 Å². The van der Waals surface area contributed by atoms with E-state index in [1.54, 1.807) is 24.3 Å². The summed E-state index contributed by atoms with van der Waals surface area (Å²) in [7, 11) is 0. The second-order valence-electron chi connectivity index (χ2n) is 7.72. The second-order valence-corrected chi connectivity index (χ2v) is 7.72. The largest absolute Gasteiger partial charge is 0.293 e. The summed E-state index contributed by atoms with van der Waals surface area (Å²) in [6.07, 6.45) is 0.548. The maximum atomic E-state index is 13.6. The third-order valence-electron chi connectivity index (χ3n) is 6.02. The van der Waals surface area contributed by atoms with Crippen LogP contribution >= 0.6 is 0 Å². The van der Waals surface area contributed by atoms with E-state index in [-0.39, 0.29) is 17.5 Å². The maximum Gasteiger partial charge on any atom is 0.177 e. The predicted octanol–water partition coefficient (Wildman–Crippen LogP) is 6.08. The van der Waals surface area contributed by atoms with Crippen LogP contribution in [-0.2, 0) is 0 Å². The zero-order valence-corrected chi connectivity index (χ0v) is 15.9. The smallest absolute Gasteiger partial charge is 0.177 e. The van der Waals surface area contributed by atoms with Gasteiger partial charge < -0.3 is 0 Å². The molecule has 1 atom stereocenters. The zero-order chi connectivity index (χ0) is 19.8. The molecule has 4 aromatic carbocycles. The Hall–Kier alpha value is -3.52. The molecule has 29 heavy (non-hydrogen) atoms. The number of carbonyl (C=O) groups excluding carboxylic acids is 2. The highest BCUT2D eigenvalue weighted by Gasteiger charge is 2.65. The molecule has 0 aliphatic heterocycles. The summed E-state index contributed by atoms with van der Waals surface area (Å²) in [6.45, 7) is 0. The van der Waals surface area contributed by atoms with Crippen LogP contribution in [0.25, 0.3) is 10.8 Å². The molecular formula is C27H20O2. The highest BCUT2D eigenvalue weighted by atomic mass is 16.2. The monoisotopic (exact) mass is 376 g/mol. The summed E-state index contributed by atoms with van der Waals surface area (Å²) >= 11 is 0. The Kier molecular flexibility index (Phi) is 4.13. The lowest BCUT2D eigenvalue weighted by molar-refractivity contribution is 0.0776. The van der Waals surface area contributed by atoms with E-state index in [0.29, 0.717) is 17.5 Å². The third-order valence-corrected chi connectivity index (χ3v) is 6.02. The van der Waals surface area contributed by atoms with Gasteiger partial charge in [-0.15, -0.1) is 0 Å². The molecule has 1 fully saturated rings. The van der Waals surface area contributed by atoms with Gasteiger partial charge >= 0.3 is 0 Å². The van der Waals surface area contributed by atoms with E-state index in [1.807, 2.05) is 48.5 Å². The van der Waals surface area contributed by atoms with Crippen molar-refractivity contribution in [3.63, 3.8) is 0 Å². The summed E-state index contributed by atoms with van der Waals surface area (Å²) in [6, 6.07) is 32.8. The molecule has 0 heterocycles. The van der Waals surface area contributed by atoms with Crippen molar-refractivity contribution in [2.24, 2.45) is 5.41 Å². The van der Waals surface area contributed by atoms with Gasteiger partial charge in [-0.3, -0.25) is 9.59 Å². The number of fused-ring (bicyclic) bond motifs is 1. The van der Waals surface area contributed by atoms with Gasteiger partial charge in [-0.05, 0) is 22.8 Å². The van der Waals surface area contributed by atoms with Crippen molar-refractivity contribution in [1.82, 2.24) is 0 Å². The number of ketones is 2. The van der Waals surface area contributed by atoms with Crippen LogP contribution in [0.5, 0.6) is 0 Å². The molecule has 2 nitrogen and oxygen atoms in total. The molecule has 1 saturated carbocycles. The second kappa shape index (κ2) is 6.82. The molecule has 0 amide bonds. The van der Waals surface area contributed by atoms with Crippen molar-refractivity contribution in [3.05, 3.63) is 120 Å². The highest BCUT2D eigenvalue weighted by Crippen LogP contribution is 2.62. The van der Waals surface area contributed by atoms with E-state index < -0.39 is 5.41 Å². The highest BCUT2D eigenvalue weighted by molar-refractivity contribution is 6.23. The van der Waals surface area contributed by atoms with Gasteiger partial charge in [-0.1, -0.05) is 103 Å². The number of hydrogen-bond acceptors (Lipinski definition) is 2. The number of benzene rings is 4. The van der Waals surface area contributed by atoms with Crippen LogP contribution in [0.15, 0.2) is 103 Å². The van der Waals surface area contributed by atoms with Gasteiger partial charge in [0.1, 0.15) is 5.41 Å². The van der Waals surface area contributed by atoms with E-state index in [4.69, 9.17) is 0 Å². The third kappa shape index (κ3) is 2.89. The van der Waals surface area contributed by atoms with Crippen molar-refractivity contribution in [2.45, 2.75) is 12.3 Å². The quantitative estimate of drug-likeness (QED) is 0.312. The van der Waals surface area contributed by atoms with E-state index in [9.17, 15) is 9.59 Å². The molecule has 140 valence electrons. The standard InChI is InChI=1S/C27H20O2/c28-25(20-10-3-1-4-11-20)27(26(29)21-12-5-2-6-13-21)18-24(27)23-16-15-19-9-7-8-14-22(19)17-23/h1-17,24H,18H2. The van der Waals surface area contributed by atoms with E-state index in [1.165, 1.54) is 0 Å². The average Bonchev–Trinajstić information content (AvgIpc) is 3.56. The van der Waals surface area contributed by atoms with Crippen LogP contribution < -0.4 is 0 Å². The predicted molar refractivity (Wildman–Crippen MR) is 115 cm³/mol. The van der Waals surface area contributed by atoms with Crippen molar-refractivity contribution in [3.8, 4) is 0 Å². The first-order chi connectivity index (χ1) is 14.2. The topological polar surface area (TPSA) is 34.1 Å². The molecule has 1 aliphatic rings. The summed E-state index contributed by atoms with van der Waals surface area (Å²) in [4.78, 5) is 27.1. The first-order valence-corrected chi connectivity index (χ1v) is 9.88. The fraction of sp³-hybridized carbons (Fsp3) is 0.111. The van der Waals surface area contributed by atoms with Gasteiger partial charge in [0.2, 0.25) is 0 Å². The van der Waals surface area contributed by atoms with Crippen LogP contribution in [0.2, 0.25) is 0 Å². The lowest BCUT2D eigenvalue weighted by atomic mass is 9.83. The molecule has 4 aromatic rings. The van der Waals surface area contributed by atoms with Gasteiger partial charge in [0.05, 0.1) is 0 Å². The van der Waals surface area contributed by atoms with Crippen LogP contribution in [0, 0.1) is 5.41 Å². The van der Waals surface area contributed by atoms with Gasteiger partial charge in [-0.25, -0.2) is 0 Å². The minimum atomic E-state index is -1.02. The van der Waals surface area contributed by atoms with Gasteiger partial charge in [0.25, 0.3) is 0 Å². The molecule has 5 rings (SSSR count). The van der Waals surface area contributed by atoms with Crippen molar-refractivity contribution >= 4 is 22.3 Å². The summed E-state index contributed by atoms with van der Waals surface area (Å²) in [5.74, 6) is -0.261. The molecule has 0 aromatic heterocycles. The molecule has 0 saturated heterocycles. The normalized spacial score (nSPS) is 17.0. The number of hydrogen-bond donors (Lipinski definition) is 0. The molecule has 0 bridgehead atoms. The van der Waals surface area contributed by atoms with Crippen molar-refractivity contribution in [1.29, 1.82) is 0 Å². The maximum absolute atomic E-state index is 13.6. The number of Topliss-reactive ketones (excluding diaryl/α,β-unsaturated/α-hetero) is 2. The summed E-state index contributed by atoms with van der Waals surface area (Å²) in [5, 5.41) is 2.29. The minimum Gasteiger partial charge on any atom is -0.293 e. The SMILES string of the molecule is O=C(c1ccccc1)C1(C(=O)c2ccccc2)CC1c1ccc2ccccc2c1. The Morgan fingerprint density at radius 2 is 1.14 bits per heavy atom. The Morgan fingerprint density at radius 3 is 1.72 bits per heavy atom. The number of carbonyl (C=O) groups is 2. The zero-order valence-electron chi connectivity index (χ0n) is 15.9. The van der Waals surface area contributed by atoms with Gasteiger partial charge in [-0.2, -0.15) is 0 Å². The lowest BCUT2D eigenvalue weighted by Crippen LogP contribution is -2.28. The summed E-state index contributed by atoms with van der Waals surface area (Å²) < 4.78 is 0. The molecule has 0 spiro atoms. The Morgan fingerprint density at radius 1 is 0.621 bits per heavy atom. The van der Waals surface area contributed by atoms with Crippen LogP contribution in [0.3, 0.4) is 0 Å². The molecule has 0 N–H and O–H groups in total. The molecule has 1 unspecified atom stereocenters. The van der Waals surface area contributed by atoms with Crippen LogP contribution in [0.4, 0.5) is 0 Å². The average molecular weight is 376 g/mol. The van der Waals surface area contributed by atoms with E-state index >= 15 is 0 Å². The molecular weight excluding hydrogens is 356 g/mol. The minimum absolute atomic E-state index is 0.0786. The Labute approximate surface area is 169 Å². The van der Waals surface area contributed by atoms with Crippen molar-refractivity contribution < 1.29 is 9.59 Å². The van der Waals surface area contributed by atoms with Gasteiger partial charge in [0, 0.05) is 17.0 Å². The van der Waals surface area contributed by atoms with E-state index in [2.05, 4.69) is 30.3 Å². The Balaban J connectivity index is 1.60. The Bertz CT molecular complexity index is 1160. The lowest BCUT2D eigenvalue weighted by Gasteiger charge is -2.16. The van der Waals surface area contributed by atoms with E-state index in [0.717, 1.165) is 16.3 Å².